The summed E-state index contributed by atoms with van der Waals surface area (Å²) in [6, 6.07) is 6.99. The van der Waals surface area contributed by atoms with E-state index in [9.17, 15) is 4.79 Å². The van der Waals surface area contributed by atoms with E-state index in [-0.39, 0.29) is 6.03 Å². The Hall–Kier alpha value is -1.71. The van der Waals surface area contributed by atoms with Crippen molar-refractivity contribution in [3.63, 3.8) is 0 Å². The van der Waals surface area contributed by atoms with Crippen molar-refractivity contribution in [1.82, 2.24) is 10.2 Å². The molecule has 1 saturated heterocycles. The average Bonchev–Trinajstić information content (AvgIpc) is 2.56. The van der Waals surface area contributed by atoms with Crippen LogP contribution < -0.4 is 10.2 Å². The monoisotopic (exact) mass is 315 g/mol. The van der Waals surface area contributed by atoms with Crippen molar-refractivity contribution in [3.8, 4) is 0 Å². The standard InChI is InChI=1S/C19H29N3O/c1-15-7-6-8-16(2)18(15)21-11-13-22(14-12-21)19(23)20-17-9-4-3-5-10-17/h6-8,17H,3-5,9-14H2,1-2H3,(H,20,23). The normalized spacial score (nSPS) is 19.7. The predicted molar refractivity (Wildman–Crippen MR) is 95.1 cm³/mol. The van der Waals surface area contributed by atoms with Gasteiger partial charge in [0.25, 0.3) is 0 Å². The van der Waals surface area contributed by atoms with Crippen molar-refractivity contribution >= 4 is 11.7 Å². The third kappa shape index (κ3) is 3.80. The number of carbonyl (C=O) groups excluding carboxylic acids is 1. The third-order valence-electron chi connectivity index (χ3n) is 5.26. The molecule has 0 radical (unpaired) electrons. The number of piperazine rings is 1. The zero-order chi connectivity index (χ0) is 16.2. The fraction of sp³-hybridized carbons (Fsp3) is 0.632. The molecule has 0 atom stereocenters. The lowest BCUT2D eigenvalue weighted by Crippen LogP contribution is -2.54. The van der Waals surface area contributed by atoms with Gasteiger partial charge in [-0.15, -0.1) is 0 Å². The van der Waals surface area contributed by atoms with Crippen LogP contribution in [-0.2, 0) is 0 Å². The Morgan fingerprint density at radius 3 is 2.22 bits per heavy atom. The van der Waals surface area contributed by atoms with Crippen LogP contribution in [0.5, 0.6) is 0 Å². The number of benzene rings is 1. The van der Waals surface area contributed by atoms with E-state index in [2.05, 4.69) is 42.3 Å². The molecule has 0 aromatic heterocycles. The summed E-state index contributed by atoms with van der Waals surface area (Å²) in [6.45, 7) is 7.81. The minimum absolute atomic E-state index is 0.137. The maximum absolute atomic E-state index is 12.4. The van der Waals surface area contributed by atoms with Gasteiger partial charge >= 0.3 is 6.03 Å². The molecule has 2 aliphatic rings. The molecule has 1 aromatic carbocycles. The molecule has 1 aliphatic carbocycles. The summed E-state index contributed by atoms with van der Waals surface area (Å²) in [6.07, 6.45) is 6.12. The second kappa shape index (κ2) is 7.24. The van der Waals surface area contributed by atoms with Crippen LogP contribution in [0.25, 0.3) is 0 Å². The smallest absolute Gasteiger partial charge is 0.317 e. The van der Waals surface area contributed by atoms with Crippen LogP contribution in [0.15, 0.2) is 18.2 Å². The first-order chi connectivity index (χ1) is 11.1. The van der Waals surface area contributed by atoms with Gasteiger partial charge in [0.05, 0.1) is 0 Å². The maximum Gasteiger partial charge on any atom is 0.317 e. The molecule has 1 saturated carbocycles. The Kier molecular flexibility index (Phi) is 5.09. The van der Waals surface area contributed by atoms with Gasteiger partial charge < -0.3 is 15.1 Å². The number of para-hydroxylation sites is 1. The summed E-state index contributed by atoms with van der Waals surface area (Å²) in [4.78, 5) is 16.9. The van der Waals surface area contributed by atoms with Gasteiger partial charge in [-0.05, 0) is 37.8 Å². The highest BCUT2D eigenvalue weighted by Gasteiger charge is 2.24. The fourth-order valence-electron chi connectivity index (χ4n) is 3.95. The maximum atomic E-state index is 12.4. The second-order valence-corrected chi connectivity index (χ2v) is 7.00. The number of nitrogens with zero attached hydrogens (tertiary/aromatic N) is 2. The number of rotatable bonds is 2. The lowest BCUT2D eigenvalue weighted by molar-refractivity contribution is 0.186. The van der Waals surface area contributed by atoms with Crippen molar-refractivity contribution in [2.24, 2.45) is 0 Å². The molecule has 23 heavy (non-hydrogen) atoms. The molecular weight excluding hydrogens is 286 g/mol. The molecule has 0 bridgehead atoms. The summed E-state index contributed by atoms with van der Waals surface area (Å²) in [5.41, 5.74) is 4.00. The van der Waals surface area contributed by atoms with Crippen LogP contribution in [-0.4, -0.2) is 43.2 Å². The van der Waals surface area contributed by atoms with E-state index in [1.54, 1.807) is 0 Å². The summed E-state index contributed by atoms with van der Waals surface area (Å²) in [5.74, 6) is 0. The first-order valence-electron chi connectivity index (χ1n) is 9.02. The highest BCUT2D eigenvalue weighted by molar-refractivity contribution is 5.75. The fourth-order valence-corrected chi connectivity index (χ4v) is 3.95. The zero-order valence-electron chi connectivity index (χ0n) is 14.5. The predicted octanol–water partition coefficient (Wildman–Crippen LogP) is 3.47. The number of hydrogen-bond acceptors (Lipinski definition) is 2. The Bertz CT molecular complexity index is 523. The molecule has 4 nitrogen and oxygen atoms in total. The highest BCUT2D eigenvalue weighted by Crippen LogP contribution is 2.25. The molecule has 1 aromatic rings. The molecular formula is C19H29N3O. The SMILES string of the molecule is Cc1cccc(C)c1N1CCN(C(=O)NC2CCCCC2)CC1. The van der Waals surface area contributed by atoms with Crippen molar-refractivity contribution < 1.29 is 4.79 Å². The average molecular weight is 315 g/mol. The molecule has 126 valence electrons. The van der Waals surface area contributed by atoms with E-state index in [0.29, 0.717) is 6.04 Å². The van der Waals surface area contributed by atoms with Gasteiger partial charge in [-0.2, -0.15) is 0 Å². The van der Waals surface area contributed by atoms with E-state index in [1.165, 1.54) is 36.1 Å². The van der Waals surface area contributed by atoms with Gasteiger partial charge in [-0.1, -0.05) is 37.5 Å². The van der Waals surface area contributed by atoms with Crippen molar-refractivity contribution in [2.75, 3.05) is 31.1 Å². The van der Waals surface area contributed by atoms with E-state index in [1.807, 2.05) is 4.90 Å². The van der Waals surface area contributed by atoms with Gasteiger partial charge in [0.1, 0.15) is 0 Å². The topological polar surface area (TPSA) is 35.6 Å². The minimum Gasteiger partial charge on any atom is -0.368 e. The number of carbonyl (C=O) groups is 1. The summed E-state index contributed by atoms with van der Waals surface area (Å²) >= 11 is 0. The van der Waals surface area contributed by atoms with Crippen molar-refractivity contribution in [2.45, 2.75) is 52.0 Å². The molecule has 2 amide bonds. The van der Waals surface area contributed by atoms with Crippen LogP contribution in [0.3, 0.4) is 0 Å². The van der Waals surface area contributed by atoms with Gasteiger partial charge in [0, 0.05) is 37.9 Å². The molecule has 4 heteroatoms. The Labute approximate surface area is 139 Å². The van der Waals surface area contributed by atoms with Gasteiger partial charge in [0.15, 0.2) is 0 Å². The lowest BCUT2D eigenvalue weighted by Gasteiger charge is -2.38. The third-order valence-corrected chi connectivity index (χ3v) is 5.26. The summed E-state index contributed by atoms with van der Waals surface area (Å²) < 4.78 is 0. The quantitative estimate of drug-likeness (QED) is 0.907. The zero-order valence-corrected chi connectivity index (χ0v) is 14.5. The highest BCUT2D eigenvalue weighted by atomic mass is 16.2. The van der Waals surface area contributed by atoms with Gasteiger partial charge in [0.2, 0.25) is 0 Å². The number of urea groups is 1. The van der Waals surface area contributed by atoms with Gasteiger partial charge in [-0.25, -0.2) is 4.79 Å². The number of amides is 2. The molecule has 3 rings (SSSR count). The van der Waals surface area contributed by atoms with Crippen molar-refractivity contribution in [1.29, 1.82) is 0 Å². The molecule has 2 fully saturated rings. The van der Waals surface area contributed by atoms with Crippen LogP contribution >= 0.6 is 0 Å². The lowest BCUT2D eigenvalue weighted by atomic mass is 9.96. The Morgan fingerprint density at radius 1 is 1.00 bits per heavy atom. The Balaban J connectivity index is 1.54. The summed E-state index contributed by atoms with van der Waals surface area (Å²) in [5, 5.41) is 3.23. The van der Waals surface area contributed by atoms with Crippen LogP contribution in [0, 0.1) is 13.8 Å². The van der Waals surface area contributed by atoms with Gasteiger partial charge in [-0.3, -0.25) is 0 Å². The summed E-state index contributed by atoms with van der Waals surface area (Å²) in [7, 11) is 0. The number of aryl methyl sites for hydroxylation is 2. The minimum atomic E-state index is 0.137. The molecule has 0 unspecified atom stereocenters. The first-order valence-corrected chi connectivity index (χ1v) is 9.02. The first kappa shape index (κ1) is 16.2. The van der Waals surface area contributed by atoms with Crippen LogP contribution in [0.2, 0.25) is 0 Å². The molecule has 1 N–H and O–H groups in total. The number of hydrogen-bond donors (Lipinski definition) is 1. The van der Waals surface area contributed by atoms with E-state index in [4.69, 9.17) is 0 Å². The molecule has 1 aliphatic heterocycles. The van der Waals surface area contributed by atoms with E-state index < -0.39 is 0 Å². The second-order valence-electron chi connectivity index (χ2n) is 7.00. The molecule has 0 spiro atoms. The van der Waals surface area contributed by atoms with E-state index >= 15 is 0 Å². The largest absolute Gasteiger partial charge is 0.368 e. The number of anilines is 1. The van der Waals surface area contributed by atoms with Crippen molar-refractivity contribution in [3.05, 3.63) is 29.3 Å². The van der Waals surface area contributed by atoms with Crippen LogP contribution in [0.4, 0.5) is 10.5 Å². The van der Waals surface area contributed by atoms with E-state index in [0.717, 1.165) is 39.0 Å². The van der Waals surface area contributed by atoms with Crippen LogP contribution in [0.1, 0.15) is 43.2 Å². The molecule has 1 heterocycles. The Morgan fingerprint density at radius 2 is 1.61 bits per heavy atom. The number of nitrogens with one attached hydrogen (secondary N) is 1.